The van der Waals surface area contributed by atoms with Gasteiger partial charge in [-0.05, 0) is 61.7 Å². The number of rotatable bonds is 10. The molecule has 7 heteroatoms. The smallest absolute Gasteiger partial charge is 0.237 e. The number of methoxy groups -OCH3 is 1. The molecule has 0 radical (unpaired) electrons. The summed E-state index contributed by atoms with van der Waals surface area (Å²) < 4.78 is 11.3. The van der Waals surface area contributed by atoms with Gasteiger partial charge in [-0.2, -0.15) is 0 Å². The number of amides is 1. The molecule has 1 fully saturated rings. The second-order valence-corrected chi connectivity index (χ2v) is 10.0. The molecule has 6 nitrogen and oxygen atoms in total. The highest BCUT2D eigenvalue weighted by molar-refractivity contribution is 7.10. The minimum atomic E-state index is -0.582. The van der Waals surface area contributed by atoms with Gasteiger partial charge in [0.05, 0.1) is 25.3 Å². The van der Waals surface area contributed by atoms with E-state index in [1.807, 2.05) is 11.0 Å². The monoisotopic (exact) mass is 458 g/mol. The van der Waals surface area contributed by atoms with Crippen molar-refractivity contribution in [1.29, 1.82) is 0 Å². The van der Waals surface area contributed by atoms with Crippen LogP contribution in [0, 0.1) is 13.8 Å². The third-order valence-corrected chi connectivity index (χ3v) is 7.34. The van der Waals surface area contributed by atoms with Gasteiger partial charge in [0.2, 0.25) is 5.91 Å². The fraction of sp³-hybridized carbons (Fsp3) is 0.560. The van der Waals surface area contributed by atoms with Gasteiger partial charge >= 0.3 is 0 Å². The Morgan fingerprint density at radius 1 is 1.31 bits per heavy atom. The van der Waals surface area contributed by atoms with Crippen molar-refractivity contribution in [1.82, 2.24) is 9.80 Å². The summed E-state index contributed by atoms with van der Waals surface area (Å²) >= 11 is 1.76. The normalized spacial score (nSPS) is 19.2. The van der Waals surface area contributed by atoms with Crippen molar-refractivity contribution >= 4 is 17.2 Å². The Labute approximate surface area is 194 Å². The summed E-state index contributed by atoms with van der Waals surface area (Å²) in [5, 5.41) is 12.3. The summed E-state index contributed by atoms with van der Waals surface area (Å²) in [6.07, 6.45) is 2.47. The van der Waals surface area contributed by atoms with Crippen molar-refractivity contribution in [3.63, 3.8) is 0 Å². The number of carbonyl (C=O) groups is 1. The Balaban J connectivity index is 1.47. The predicted molar refractivity (Wildman–Crippen MR) is 126 cm³/mol. The van der Waals surface area contributed by atoms with Crippen molar-refractivity contribution in [3.8, 4) is 5.75 Å². The van der Waals surface area contributed by atoms with E-state index in [4.69, 9.17) is 9.47 Å². The molecule has 2 aliphatic rings. The molecule has 1 aliphatic carbocycles. The molecule has 1 saturated carbocycles. The van der Waals surface area contributed by atoms with Gasteiger partial charge in [0.25, 0.3) is 0 Å². The van der Waals surface area contributed by atoms with Crippen molar-refractivity contribution in [2.45, 2.75) is 51.3 Å². The van der Waals surface area contributed by atoms with Crippen LogP contribution in [0.15, 0.2) is 29.6 Å². The number of hydrogen-bond donors (Lipinski definition) is 1. The van der Waals surface area contributed by atoms with Crippen LogP contribution in [-0.4, -0.2) is 72.9 Å². The largest absolute Gasteiger partial charge is 0.491 e. The summed E-state index contributed by atoms with van der Waals surface area (Å²) in [6, 6.07) is 8.62. The van der Waals surface area contributed by atoms with Crippen LogP contribution in [0.2, 0.25) is 0 Å². The van der Waals surface area contributed by atoms with E-state index in [1.165, 1.54) is 16.0 Å². The van der Waals surface area contributed by atoms with Crippen LogP contribution >= 0.6 is 11.3 Å². The molecule has 1 amide bonds. The molecule has 1 aliphatic heterocycles. The van der Waals surface area contributed by atoms with Gasteiger partial charge in [0.15, 0.2) is 0 Å². The van der Waals surface area contributed by atoms with Gasteiger partial charge in [0.1, 0.15) is 12.4 Å². The Morgan fingerprint density at radius 2 is 2.12 bits per heavy atom. The van der Waals surface area contributed by atoms with Gasteiger partial charge in [-0.1, -0.05) is 17.7 Å². The van der Waals surface area contributed by atoms with Crippen molar-refractivity contribution in [2.24, 2.45) is 0 Å². The Kier molecular flexibility index (Phi) is 7.51. The van der Waals surface area contributed by atoms with Crippen LogP contribution in [0.3, 0.4) is 0 Å². The Hall–Kier alpha value is -1.93. The lowest BCUT2D eigenvalue weighted by atomic mass is 10.00. The van der Waals surface area contributed by atoms with Gasteiger partial charge in [-0.15, -0.1) is 11.3 Å². The van der Waals surface area contributed by atoms with E-state index in [0.717, 1.165) is 30.6 Å². The molecule has 2 atom stereocenters. The number of aliphatic hydroxyl groups is 1. The number of ether oxygens (including phenoxy) is 2. The maximum absolute atomic E-state index is 13.5. The topological polar surface area (TPSA) is 62.2 Å². The second kappa shape index (κ2) is 10.3. The summed E-state index contributed by atoms with van der Waals surface area (Å²) in [4.78, 5) is 18.9. The molecule has 1 aromatic heterocycles. The molecule has 4 rings (SSSR count). The quantitative estimate of drug-likeness (QED) is 0.592. The van der Waals surface area contributed by atoms with Crippen molar-refractivity contribution < 1.29 is 19.4 Å². The third-order valence-electron chi connectivity index (χ3n) is 6.35. The number of thiophene rings is 1. The van der Waals surface area contributed by atoms with Gasteiger partial charge in [-0.3, -0.25) is 9.69 Å². The molecule has 1 N–H and O–H groups in total. The standard InChI is InChI=1S/C25H34N2O4S/c1-17-4-7-23(18(2)12-17)31-16-22-21-9-11-32-24(21)8-10-27(22)25(29)14-26(19-5-6-19)13-20(28)15-30-3/h4,7,9,11-12,19-20,22,28H,5-6,8,10,13-16H2,1-3H3/t20-,22+/m0/s1. The number of carbonyl (C=O) groups excluding carboxylic acids is 1. The minimum Gasteiger partial charge on any atom is -0.491 e. The molecule has 2 heterocycles. The lowest BCUT2D eigenvalue weighted by molar-refractivity contribution is -0.136. The first-order chi connectivity index (χ1) is 15.5. The van der Waals surface area contributed by atoms with E-state index in [9.17, 15) is 9.90 Å². The average molecular weight is 459 g/mol. The highest BCUT2D eigenvalue weighted by atomic mass is 32.1. The van der Waals surface area contributed by atoms with E-state index in [0.29, 0.717) is 32.3 Å². The fourth-order valence-corrected chi connectivity index (χ4v) is 5.50. The third kappa shape index (κ3) is 5.52. The maximum atomic E-state index is 13.5. The molecule has 0 bridgehead atoms. The summed E-state index contributed by atoms with van der Waals surface area (Å²) in [7, 11) is 1.59. The summed E-state index contributed by atoms with van der Waals surface area (Å²) in [5.41, 5.74) is 3.52. The first-order valence-corrected chi connectivity index (χ1v) is 12.3. The van der Waals surface area contributed by atoms with Crippen LogP contribution in [0.5, 0.6) is 5.75 Å². The number of fused-ring (bicyclic) bond motifs is 1. The SMILES string of the molecule is COC[C@@H](O)CN(CC(=O)N1CCc2sccc2[C@H]1COc1ccc(C)cc1C)C1CC1. The zero-order chi connectivity index (χ0) is 22.7. The van der Waals surface area contributed by atoms with Crippen LogP contribution in [-0.2, 0) is 16.0 Å². The first kappa shape index (κ1) is 23.2. The number of hydrogen-bond acceptors (Lipinski definition) is 6. The Bertz CT molecular complexity index is 926. The van der Waals surface area contributed by atoms with E-state index in [2.05, 4.69) is 42.3 Å². The lowest BCUT2D eigenvalue weighted by Crippen LogP contribution is -2.48. The maximum Gasteiger partial charge on any atom is 0.237 e. The molecular formula is C25H34N2O4S. The minimum absolute atomic E-state index is 0.0943. The summed E-state index contributed by atoms with van der Waals surface area (Å²) in [6.45, 7) is 6.34. The zero-order valence-corrected chi connectivity index (χ0v) is 20.1. The highest BCUT2D eigenvalue weighted by Gasteiger charge is 2.36. The van der Waals surface area contributed by atoms with Crippen LogP contribution in [0.25, 0.3) is 0 Å². The van der Waals surface area contributed by atoms with Crippen molar-refractivity contribution in [2.75, 3.05) is 40.0 Å². The molecule has 0 spiro atoms. The molecule has 32 heavy (non-hydrogen) atoms. The molecule has 174 valence electrons. The van der Waals surface area contributed by atoms with E-state index >= 15 is 0 Å². The molecular weight excluding hydrogens is 424 g/mol. The first-order valence-electron chi connectivity index (χ1n) is 11.4. The molecule has 0 unspecified atom stereocenters. The van der Waals surface area contributed by atoms with Crippen molar-refractivity contribution in [3.05, 3.63) is 51.2 Å². The van der Waals surface area contributed by atoms with E-state index in [1.54, 1.807) is 18.4 Å². The zero-order valence-electron chi connectivity index (χ0n) is 19.3. The van der Waals surface area contributed by atoms with Gasteiger partial charge in [-0.25, -0.2) is 0 Å². The van der Waals surface area contributed by atoms with E-state index in [-0.39, 0.29) is 18.6 Å². The molecule has 2 aromatic rings. The van der Waals surface area contributed by atoms with Crippen LogP contribution in [0.1, 0.15) is 40.5 Å². The number of aliphatic hydroxyl groups excluding tert-OH is 1. The van der Waals surface area contributed by atoms with Crippen LogP contribution < -0.4 is 4.74 Å². The van der Waals surface area contributed by atoms with Gasteiger partial charge < -0.3 is 19.5 Å². The van der Waals surface area contributed by atoms with E-state index < -0.39 is 6.10 Å². The second-order valence-electron chi connectivity index (χ2n) is 9.00. The fourth-order valence-electron chi connectivity index (χ4n) is 4.57. The number of nitrogens with zero attached hydrogens (tertiary/aromatic N) is 2. The average Bonchev–Trinajstić information content (AvgIpc) is 3.49. The molecule has 0 saturated heterocycles. The van der Waals surface area contributed by atoms with Crippen LogP contribution in [0.4, 0.5) is 0 Å². The number of aryl methyl sites for hydroxylation is 2. The highest BCUT2D eigenvalue weighted by Crippen LogP contribution is 2.35. The van der Waals surface area contributed by atoms with Gasteiger partial charge in [0, 0.05) is 31.1 Å². The summed E-state index contributed by atoms with van der Waals surface area (Å²) in [5.74, 6) is 0.972. The predicted octanol–water partition coefficient (Wildman–Crippen LogP) is 3.34. The Morgan fingerprint density at radius 3 is 2.84 bits per heavy atom. The molecule has 1 aromatic carbocycles. The number of benzene rings is 1. The lowest BCUT2D eigenvalue weighted by Gasteiger charge is -2.37.